The maximum Gasteiger partial charge on any atom is 0.141 e. The first-order valence-corrected chi connectivity index (χ1v) is 6.59. The first-order valence-electron chi connectivity index (χ1n) is 6.21. The summed E-state index contributed by atoms with van der Waals surface area (Å²) >= 11 is 5.77. The van der Waals surface area contributed by atoms with Crippen LogP contribution in [0.5, 0.6) is 0 Å². The monoisotopic (exact) mass is 278 g/mol. The zero-order valence-corrected chi connectivity index (χ0v) is 11.5. The van der Waals surface area contributed by atoms with E-state index >= 15 is 0 Å². The van der Waals surface area contributed by atoms with E-state index in [4.69, 9.17) is 11.6 Å². The first-order chi connectivity index (χ1) is 9.10. The van der Waals surface area contributed by atoms with Crippen molar-refractivity contribution in [3.63, 3.8) is 0 Å². The van der Waals surface area contributed by atoms with Gasteiger partial charge in [0.15, 0.2) is 0 Å². The molecular formula is C16H16ClFO. The quantitative estimate of drug-likeness (QED) is 0.892. The summed E-state index contributed by atoms with van der Waals surface area (Å²) in [7, 11) is 0. The van der Waals surface area contributed by atoms with Crippen LogP contribution in [-0.4, -0.2) is 11.7 Å². The third-order valence-corrected chi connectivity index (χ3v) is 3.49. The molecule has 1 atom stereocenters. The molecule has 3 heteroatoms. The highest BCUT2D eigenvalue weighted by Gasteiger charge is 2.12. The van der Waals surface area contributed by atoms with Crippen LogP contribution in [0.3, 0.4) is 0 Å². The third-order valence-electron chi connectivity index (χ3n) is 3.20. The van der Waals surface area contributed by atoms with Crippen LogP contribution in [-0.2, 0) is 6.42 Å². The van der Waals surface area contributed by atoms with Crippen LogP contribution in [0.1, 0.15) is 22.6 Å². The Morgan fingerprint density at radius 3 is 2.63 bits per heavy atom. The molecule has 2 rings (SSSR count). The lowest BCUT2D eigenvalue weighted by Crippen LogP contribution is -2.08. The molecule has 0 aliphatic heterocycles. The van der Waals surface area contributed by atoms with Crippen LogP contribution in [0.25, 0.3) is 0 Å². The smallest absolute Gasteiger partial charge is 0.141 e. The van der Waals surface area contributed by atoms with Gasteiger partial charge in [0.05, 0.1) is 11.6 Å². The molecule has 1 N–H and O–H groups in total. The van der Waals surface area contributed by atoms with Gasteiger partial charge in [-0.1, -0.05) is 47.5 Å². The van der Waals surface area contributed by atoms with Crippen LogP contribution in [0.2, 0.25) is 5.02 Å². The van der Waals surface area contributed by atoms with Crippen LogP contribution in [0.15, 0.2) is 42.5 Å². The average molecular weight is 279 g/mol. The van der Waals surface area contributed by atoms with E-state index in [1.807, 2.05) is 25.1 Å². The van der Waals surface area contributed by atoms with E-state index in [2.05, 4.69) is 6.07 Å². The molecule has 0 radical (unpaired) electrons. The predicted octanol–water partition coefficient (Wildman–Crippen LogP) is 4.11. The Balaban J connectivity index is 2.21. The van der Waals surface area contributed by atoms with Gasteiger partial charge in [-0.25, -0.2) is 4.39 Å². The van der Waals surface area contributed by atoms with E-state index in [1.54, 1.807) is 12.1 Å². The van der Waals surface area contributed by atoms with E-state index in [9.17, 15) is 9.50 Å². The number of hydrogen-bond donors (Lipinski definition) is 1. The lowest BCUT2D eigenvalue weighted by Gasteiger charge is -2.15. The van der Waals surface area contributed by atoms with E-state index in [-0.39, 0.29) is 17.5 Å². The summed E-state index contributed by atoms with van der Waals surface area (Å²) in [5.74, 6) is -0.414. The molecule has 2 aromatic carbocycles. The number of aliphatic hydroxyl groups is 1. The van der Waals surface area contributed by atoms with Crippen LogP contribution in [0, 0.1) is 12.7 Å². The molecular weight excluding hydrogens is 263 g/mol. The number of aliphatic hydroxyl groups excluding tert-OH is 1. The van der Waals surface area contributed by atoms with Gasteiger partial charge in [-0.15, -0.1) is 0 Å². The van der Waals surface area contributed by atoms with Gasteiger partial charge >= 0.3 is 0 Å². The molecule has 19 heavy (non-hydrogen) atoms. The van der Waals surface area contributed by atoms with Crippen molar-refractivity contribution in [3.05, 3.63) is 70.0 Å². The van der Waals surface area contributed by atoms with Gasteiger partial charge in [0.1, 0.15) is 5.82 Å². The van der Waals surface area contributed by atoms with Crippen molar-refractivity contribution < 1.29 is 9.50 Å². The second kappa shape index (κ2) is 6.18. The van der Waals surface area contributed by atoms with Crippen molar-refractivity contribution in [2.24, 2.45) is 0 Å². The van der Waals surface area contributed by atoms with E-state index < -0.39 is 5.82 Å². The first kappa shape index (κ1) is 14.0. The summed E-state index contributed by atoms with van der Waals surface area (Å²) < 4.78 is 13.1. The Labute approximate surface area is 117 Å². The molecule has 100 valence electrons. The largest absolute Gasteiger partial charge is 0.396 e. The third kappa shape index (κ3) is 3.55. The molecule has 0 aliphatic carbocycles. The molecule has 0 aromatic heterocycles. The summed E-state index contributed by atoms with van der Waals surface area (Å²) in [5.41, 5.74) is 3.17. The Hall–Kier alpha value is -1.38. The number of benzene rings is 2. The highest BCUT2D eigenvalue weighted by molar-refractivity contribution is 6.30. The number of halogens is 2. The number of aryl methyl sites for hydroxylation is 1. The highest BCUT2D eigenvalue weighted by atomic mass is 35.5. The Bertz CT molecular complexity index is 568. The van der Waals surface area contributed by atoms with Gasteiger partial charge in [0.25, 0.3) is 0 Å². The minimum atomic E-state index is -0.415. The molecule has 0 saturated heterocycles. The van der Waals surface area contributed by atoms with Crippen molar-refractivity contribution in [1.82, 2.24) is 0 Å². The summed E-state index contributed by atoms with van der Waals surface area (Å²) in [4.78, 5) is 0. The second-order valence-electron chi connectivity index (χ2n) is 4.75. The Morgan fingerprint density at radius 1 is 1.21 bits per heavy atom. The molecule has 0 bridgehead atoms. The fraction of sp³-hybridized carbons (Fsp3) is 0.250. The number of hydrogen-bond acceptors (Lipinski definition) is 1. The molecule has 0 fully saturated rings. The molecule has 0 saturated carbocycles. The zero-order valence-electron chi connectivity index (χ0n) is 10.7. The molecule has 0 spiro atoms. The minimum absolute atomic E-state index is 0.00132. The average Bonchev–Trinajstić information content (AvgIpc) is 2.40. The number of rotatable bonds is 4. The standard InChI is InChI=1S/C16H16ClFO/c1-11-3-2-4-13(7-11)14(10-19)8-12-5-6-16(18)15(17)9-12/h2-7,9,14,19H,8,10H2,1H3. The molecule has 1 nitrogen and oxygen atoms in total. The van der Waals surface area contributed by atoms with Crippen molar-refractivity contribution in [1.29, 1.82) is 0 Å². The van der Waals surface area contributed by atoms with Crippen LogP contribution < -0.4 is 0 Å². The van der Waals surface area contributed by atoms with Crippen LogP contribution in [0.4, 0.5) is 4.39 Å². The molecule has 0 amide bonds. The maximum atomic E-state index is 13.1. The van der Waals surface area contributed by atoms with E-state index in [0.29, 0.717) is 6.42 Å². The molecule has 2 aromatic rings. The van der Waals surface area contributed by atoms with Gasteiger partial charge in [0, 0.05) is 5.92 Å². The van der Waals surface area contributed by atoms with E-state index in [1.165, 1.54) is 6.07 Å². The fourth-order valence-corrected chi connectivity index (χ4v) is 2.37. The van der Waals surface area contributed by atoms with Crippen LogP contribution >= 0.6 is 11.6 Å². The van der Waals surface area contributed by atoms with Gasteiger partial charge in [-0.3, -0.25) is 0 Å². The Kier molecular flexibility index (Phi) is 4.56. The van der Waals surface area contributed by atoms with Crippen molar-refractivity contribution in [3.8, 4) is 0 Å². The van der Waals surface area contributed by atoms with Crippen molar-refractivity contribution >= 4 is 11.6 Å². The summed E-state index contributed by atoms with van der Waals surface area (Å²) in [6.45, 7) is 2.07. The minimum Gasteiger partial charge on any atom is -0.396 e. The SMILES string of the molecule is Cc1cccc(C(CO)Cc2ccc(F)c(Cl)c2)c1. The lowest BCUT2D eigenvalue weighted by molar-refractivity contribution is 0.264. The predicted molar refractivity (Wildman–Crippen MR) is 76.1 cm³/mol. The normalized spacial score (nSPS) is 12.4. The summed E-state index contributed by atoms with van der Waals surface area (Å²) in [6, 6.07) is 12.8. The topological polar surface area (TPSA) is 20.2 Å². The fourth-order valence-electron chi connectivity index (χ4n) is 2.16. The molecule has 0 heterocycles. The lowest BCUT2D eigenvalue weighted by atomic mass is 9.92. The highest BCUT2D eigenvalue weighted by Crippen LogP contribution is 2.24. The maximum absolute atomic E-state index is 13.1. The van der Waals surface area contributed by atoms with Gasteiger partial charge in [-0.2, -0.15) is 0 Å². The van der Waals surface area contributed by atoms with Crippen molar-refractivity contribution in [2.75, 3.05) is 6.61 Å². The summed E-state index contributed by atoms with van der Waals surface area (Å²) in [6.07, 6.45) is 0.639. The molecule has 1 unspecified atom stereocenters. The summed E-state index contributed by atoms with van der Waals surface area (Å²) in [5, 5.41) is 9.67. The van der Waals surface area contributed by atoms with Gasteiger partial charge in [0.2, 0.25) is 0 Å². The second-order valence-corrected chi connectivity index (χ2v) is 5.15. The zero-order chi connectivity index (χ0) is 13.8. The Morgan fingerprint density at radius 2 is 2.00 bits per heavy atom. The van der Waals surface area contributed by atoms with Gasteiger partial charge < -0.3 is 5.11 Å². The van der Waals surface area contributed by atoms with Crippen molar-refractivity contribution in [2.45, 2.75) is 19.3 Å². The van der Waals surface area contributed by atoms with Gasteiger partial charge in [-0.05, 0) is 36.6 Å². The molecule has 0 aliphatic rings. The van der Waals surface area contributed by atoms with E-state index in [0.717, 1.165) is 16.7 Å².